The molecule has 0 radical (unpaired) electrons. The van der Waals surface area contributed by atoms with Crippen molar-refractivity contribution < 1.29 is 18.7 Å². The summed E-state index contributed by atoms with van der Waals surface area (Å²) < 4.78 is 24.6. The molecule has 1 aliphatic heterocycles. The quantitative estimate of drug-likeness (QED) is 0.945. The number of benzene rings is 2. The van der Waals surface area contributed by atoms with E-state index in [1.165, 1.54) is 11.0 Å². The van der Waals surface area contributed by atoms with Gasteiger partial charge in [0.25, 0.3) is 0 Å². The second-order valence-corrected chi connectivity index (χ2v) is 5.24. The van der Waals surface area contributed by atoms with Crippen LogP contribution in [0, 0.1) is 5.82 Å². The van der Waals surface area contributed by atoms with Crippen LogP contribution < -0.4 is 14.8 Å². The van der Waals surface area contributed by atoms with Crippen molar-refractivity contribution in [3.8, 4) is 11.5 Å². The van der Waals surface area contributed by atoms with E-state index in [0.29, 0.717) is 36.0 Å². The van der Waals surface area contributed by atoms with Gasteiger partial charge in [-0.2, -0.15) is 0 Å². The Kier molecular flexibility index (Phi) is 4.32. The van der Waals surface area contributed by atoms with E-state index < -0.39 is 0 Å². The maximum absolute atomic E-state index is 13.6. The molecule has 2 amide bonds. The normalized spacial score (nSPS) is 12.6. The standard InChI is InChI=1S/C17H17FN2O3/c1-20(11-12-4-2-3-5-14(12)18)17(21)19-13-6-7-15-16(10-13)23-9-8-22-15/h2-7,10H,8-9,11H2,1H3,(H,19,21). The van der Waals surface area contributed by atoms with E-state index in [9.17, 15) is 9.18 Å². The largest absolute Gasteiger partial charge is 0.486 e. The summed E-state index contributed by atoms with van der Waals surface area (Å²) in [5.41, 5.74) is 1.06. The average molecular weight is 316 g/mol. The van der Waals surface area contributed by atoms with E-state index in [1.54, 1.807) is 43.4 Å². The summed E-state index contributed by atoms with van der Waals surface area (Å²) in [6.45, 7) is 1.19. The van der Waals surface area contributed by atoms with Crippen LogP contribution in [0.4, 0.5) is 14.9 Å². The summed E-state index contributed by atoms with van der Waals surface area (Å²) in [6, 6.07) is 11.3. The van der Waals surface area contributed by atoms with Crippen molar-refractivity contribution in [3.63, 3.8) is 0 Å². The van der Waals surface area contributed by atoms with Crippen molar-refractivity contribution in [1.82, 2.24) is 4.90 Å². The molecule has 1 heterocycles. The number of carbonyl (C=O) groups is 1. The lowest BCUT2D eigenvalue weighted by Gasteiger charge is -2.21. The SMILES string of the molecule is CN(Cc1ccccc1F)C(=O)Nc1ccc2c(c1)OCCO2. The van der Waals surface area contributed by atoms with Gasteiger partial charge in [0.1, 0.15) is 19.0 Å². The van der Waals surface area contributed by atoms with Crippen molar-refractivity contribution in [3.05, 3.63) is 53.8 Å². The lowest BCUT2D eigenvalue weighted by Crippen LogP contribution is -2.31. The Morgan fingerprint density at radius 1 is 1.17 bits per heavy atom. The predicted molar refractivity (Wildman–Crippen MR) is 84.3 cm³/mol. The zero-order valence-corrected chi connectivity index (χ0v) is 12.7. The Morgan fingerprint density at radius 3 is 2.70 bits per heavy atom. The Hall–Kier alpha value is -2.76. The fourth-order valence-electron chi connectivity index (χ4n) is 2.29. The van der Waals surface area contributed by atoms with E-state index >= 15 is 0 Å². The summed E-state index contributed by atoms with van der Waals surface area (Å²) in [5.74, 6) is 0.936. The second-order valence-electron chi connectivity index (χ2n) is 5.24. The van der Waals surface area contributed by atoms with Crippen molar-refractivity contribution in [2.24, 2.45) is 0 Å². The highest BCUT2D eigenvalue weighted by molar-refractivity contribution is 5.89. The highest BCUT2D eigenvalue weighted by Crippen LogP contribution is 2.32. The van der Waals surface area contributed by atoms with Crippen molar-refractivity contribution >= 4 is 11.7 Å². The Balaban J connectivity index is 1.65. The lowest BCUT2D eigenvalue weighted by molar-refractivity contribution is 0.171. The minimum absolute atomic E-state index is 0.184. The van der Waals surface area contributed by atoms with Crippen LogP contribution in [-0.2, 0) is 6.54 Å². The van der Waals surface area contributed by atoms with Gasteiger partial charge >= 0.3 is 6.03 Å². The van der Waals surface area contributed by atoms with Crippen LogP contribution in [-0.4, -0.2) is 31.2 Å². The monoisotopic (exact) mass is 316 g/mol. The van der Waals surface area contributed by atoms with Gasteiger partial charge in [-0.15, -0.1) is 0 Å². The van der Waals surface area contributed by atoms with Crippen LogP contribution in [0.5, 0.6) is 11.5 Å². The van der Waals surface area contributed by atoms with Gasteiger partial charge in [-0.3, -0.25) is 0 Å². The molecule has 0 fully saturated rings. The van der Waals surface area contributed by atoms with E-state index in [2.05, 4.69) is 5.32 Å². The molecule has 2 aromatic carbocycles. The molecule has 5 nitrogen and oxygen atoms in total. The third-order valence-corrected chi connectivity index (χ3v) is 3.51. The van der Waals surface area contributed by atoms with Gasteiger partial charge in [0.05, 0.1) is 0 Å². The van der Waals surface area contributed by atoms with Crippen LogP contribution in [0.2, 0.25) is 0 Å². The number of nitrogens with zero attached hydrogens (tertiary/aromatic N) is 1. The Morgan fingerprint density at radius 2 is 1.91 bits per heavy atom. The van der Waals surface area contributed by atoms with Gasteiger partial charge in [-0.05, 0) is 18.2 Å². The molecule has 0 spiro atoms. The van der Waals surface area contributed by atoms with Crippen LogP contribution in [0.3, 0.4) is 0 Å². The molecule has 0 saturated heterocycles. The fourth-order valence-corrected chi connectivity index (χ4v) is 2.29. The van der Waals surface area contributed by atoms with Crippen LogP contribution in [0.15, 0.2) is 42.5 Å². The molecule has 3 rings (SSSR count). The van der Waals surface area contributed by atoms with E-state index in [1.807, 2.05) is 0 Å². The molecule has 23 heavy (non-hydrogen) atoms. The molecular formula is C17H17FN2O3. The number of fused-ring (bicyclic) bond motifs is 1. The summed E-state index contributed by atoms with van der Waals surface area (Å²) >= 11 is 0. The maximum atomic E-state index is 13.6. The zero-order chi connectivity index (χ0) is 16.2. The number of nitrogens with one attached hydrogen (secondary N) is 1. The number of hydrogen-bond acceptors (Lipinski definition) is 3. The number of ether oxygens (including phenoxy) is 2. The van der Waals surface area contributed by atoms with Crippen LogP contribution in [0.25, 0.3) is 0 Å². The summed E-state index contributed by atoms with van der Waals surface area (Å²) in [5, 5.41) is 2.76. The molecule has 0 bridgehead atoms. The topological polar surface area (TPSA) is 50.8 Å². The fraction of sp³-hybridized carbons (Fsp3) is 0.235. The molecule has 0 unspecified atom stereocenters. The Labute approximate surface area is 133 Å². The second kappa shape index (κ2) is 6.56. The van der Waals surface area contributed by atoms with Crippen LogP contribution in [0.1, 0.15) is 5.56 Å². The highest BCUT2D eigenvalue weighted by atomic mass is 19.1. The molecule has 1 N–H and O–H groups in total. The summed E-state index contributed by atoms with van der Waals surface area (Å²) in [7, 11) is 1.61. The zero-order valence-electron chi connectivity index (χ0n) is 12.7. The number of hydrogen-bond donors (Lipinski definition) is 1. The maximum Gasteiger partial charge on any atom is 0.321 e. The molecule has 6 heteroatoms. The predicted octanol–water partition coefficient (Wildman–Crippen LogP) is 3.26. The van der Waals surface area contributed by atoms with Crippen molar-refractivity contribution in [2.75, 3.05) is 25.6 Å². The number of anilines is 1. The van der Waals surface area contributed by atoms with Crippen LogP contribution >= 0.6 is 0 Å². The lowest BCUT2D eigenvalue weighted by atomic mass is 10.2. The average Bonchev–Trinajstić information content (AvgIpc) is 2.56. The number of rotatable bonds is 3. The number of halogens is 1. The van der Waals surface area contributed by atoms with Gasteiger partial charge in [-0.1, -0.05) is 18.2 Å². The molecule has 120 valence electrons. The minimum atomic E-state index is -0.329. The first-order valence-corrected chi connectivity index (χ1v) is 7.28. The van der Waals surface area contributed by atoms with Gasteiger partial charge in [0.15, 0.2) is 11.5 Å². The third-order valence-electron chi connectivity index (χ3n) is 3.51. The molecular weight excluding hydrogens is 299 g/mol. The van der Waals surface area contributed by atoms with Gasteiger partial charge in [-0.25, -0.2) is 9.18 Å². The van der Waals surface area contributed by atoms with Crippen molar-refractivity contribution in [2.45, 2.75) is 6.54 Å². The number of amides is 2. The molecule has 0 saturated carbocycles. The number of urea groups is 1. The van der Waals surface area contributed by atoms with E-state index in [0.717, 1.165) is 0 Å². The molecule has 1 aliphatic rings. The van der Waals surface area contributed by atoms with E-state index in [4.69, 9.17) is 9.47 Å². The molecule has 0 aromatic heterocycles. The smallest absolute Gasteiger partial charge is 0.321 e. The molecule has 0 atom stereocenters. The van der Waals surface area contributed by atoms with Crippen molar-refractivity contribution in [1.29, 1.82) is 0 Å². The first-order chi connectivity index (χ1) is 11.1. The van der Waals surface area contributed by atoms with Gasteiger partial charge in [0.2, 0.25) is 0 Å². The summed E-state index contributed by atoms with van der Waals surface area (Å²) in [4.78, 5) is 13.6. The third kappa shape index (κ3) is 3.53. The highest BCUT2D eigenvalue weighted by Gasteiger charge is 2.15. The van der Waals surface area contributed by atoms with Gasteiger partial charge in [0, 0.05) is 30.9 Å². The molecule has 2 aromatic rings. The number of carbonyl (C=O) groups excluding carboxylic acids is 1. The first-order valence-electron chi connectivity index (χ1n) is 7.28. The van der Waals surface area contributed by atoms with Gasteiger partial charge < -0.3 is 19.7 Å². The summed E-state index contributed by atoms with van der Waals surface area (Å²) in [6.07, 6.45) is 0. The Bertz CT molecular complexity index is 721. The first kappa shape index (κ1) is 15.1. The molecule has 0 aliphatic carbocycles. The minimum Gasteiger partial charge on any atom is -0.486 e. The van der Waals surface area contributed by atoms with E-state index in [-0.39, 0.29) is 18.4 Å².